The van der Waals surface area contributed by atoms with E-state index < -0.39 is 0 Å². The molecule has 0 bridgehead atoms. The summed E-state index contributed by atoms with van der Waals surface area (Å²) < 4.78 is 0. The fourth-order valence-electron chi connectivity index (χ4n) is 1.72. The minimum absolute atomic E-state index is 0.200. The molecule has 76 valence electrons. The Hall–Kier alpha value is -1.20. The molecule has 0 saturated carbocycles. The Morgan fingerprint density at radius 1 is 1.57 bits per heavy atom. The Labute approximate surface area is 82.6 Å². The predicted molar refractivity (Wildman–Crippen MR) is 52.5 cm³/mol. The van der Waals surface area contributed by atoms with Crippen LogP contribution in [0.15, 0.2) is 6.20 Å². The average molecular weight is 194 g/mol. The van der Waals surface area contributed by atoms with E-state index in [4.69, 9.17) is 10.8 Å². The predicted octanol–water partition coefficient (Wildman–Crippen LogP) is -0.591. The van der Waals surface area contributed by atoms with Crippen molar-refractivity contribution in [1.29, 1.82) is 0 Å². The lowest BCUT2D eigenvalue weighted by Gasteiger charge is -2.26. The molecule has 0 fully saturated rings. The fraction of sp³-hybridized carbons (Fsp3) is 0.556. The Morgan fingerprint density at radius 3 is 3.21 bits per heavy atom. The van der Waals surface area contributed by atoms with Gasteiger partial charge in [0.1, 0.15) is 0 Å². The van der Waals surface area contributed by atoms with Crippen molar-refractivity contribution < 1.29 is 5.11 Å². The standard InChI is InChI=1S/C9H14N4O/c10-9-11-5-7-6-13(3-4-14)2-1-8(7)12-9/h5,14H,1-4,6H2,(H2,10,11,12). The number of fused-ring (bicyclic) bond motifs is 1. The molecule has 0 unspecified atom stereocenters. The summed E-state index contributed by atoms with van der Waals surface area (Å²) in [6.07, 6.45) is 2.67. The van der Waals surface area contributed by atoms with Crippen molar-refractivity contribution in [3.05, 3.63) is 17.5 Å². The van der Waals surface area contributed by atoms with E-state index in [9.17, 15) is 0 Å². The number of nitrogens with zero attached hydrogens (tertiary/aromatic N) is 3. The number of nitrogen functional groups attached to an aromatic ring is 1. The summed E-state index contributed by atoms with van der Waals surface area (Å²) in [5, 5.41) is 8.82. The molecule has 14 heavy (non-hydrogen) atoms. The second-order valence-corrected chi connectivity index (χ2v) is 3.45. The lowest BCUT2D eigenvalue weighted by molar-refractivity contribution is 0.183. The zero-order valence-electron chi connectivity index (χ0n) is 7.98. The highest BCUT2D eigenvalue weighted by Crippen LogP contribution is 2.16. The number of aliphatic hydroxyl groups excluding tert-OH is 1. The van der Waals surface area contributed by atoms with Crippen molar-refractivity contribution in [3.63, 3.8) is 0 Å². The molecule has 0 spiro atoms. The summed E-state index contributed by atoms with van der Waals surface area (Å²) in [6, 6.07) is 0. The monoisotopic (exact) mass is 194 g/mol. The molecule has 0 radical (unpaired) electrons. The van der Waals surface area contributed by atoms with Gasteiger partial charge in [0.15, 0.2) is 0 Å². The number of aromatic nitrogens is 2. The Morgan fingerprint density at radius 2 is 2.43 bits per heavy atom. The summed E-state index contributed by atoms with van der Waals surface area (Å²) >= 11 is 0. The zero-order chi connectivity index (χ0) is 9.97. The minimum atomic E-state index is 0.200. The van der Waals surface area contributed by atoms with Crippen molar-refractivity contribution >= 4 is 5.95 Å². The van der Waals surface area contributed by atoms with E-state index in [1.807, 2.05) is 0 Å². The molecule has 3 N–H and O–H groups in total. The number of aliphatic hydroxyl groups is 1. The smallest absolute Gasteiger partial charge is 0.220 e. The molecule has 5 nitrogen and oxygen atoms in total. The van der Waals surface area contributed by atoms with Crippen LogP contribution in [0.2, 0.25) is 0 Å². The maximum Gasteiger partial charge on any atom is 0.220 e. The van der Waals surface area contributed by atoms with E-state index in [1.165, 1.54) is 0 Å². The largest absolute Gasteiger partial charge is 0.395 e. The van der Waals surface area contributed by atoms with Gasteiger partial charge in [0.25, 0.3) is 0 Å². The molecule has 1 aliphatic heterocycles. The van der Waals surface area contributed by atoms with Crippen molar-refractivity contribution in [2.75, 3.05) is 25.4 Å². The molecule has 1 aromatic heterocycles. The maximum absolute atomic E-state index is 8.82. The molecular weight excluding hydrogens is 180 g/mol. The normalized spacial score (nSPS) is 16.6. The van der Waals surface area contributed by atoms with Crippen molar-refractivity contribution in [1.82, 2.24) is 14.9 Å². The molecule has 1 aliphatic rings. The van der Waals surface area contributed by atoms with Crippen LogP contribution in [0.25, 0.3) is 0 Å². The highest BCUT2D eigenvalue weighted by atomic mass is 16.3. The van der Waals surface area contributed by atoms with Crippen LogP contribution < -0.4 is 5.73 Å². The zero-order valence-corrected chi connectivity index (χ0v) is 7.98. The van der Waals surface area contributed by atoms with Gasteiger partial charge >= 0.3 is 0 Å². The first-order valence-corrected chi connectivity index (χ1v) is 4.73. The van der Waals surface area contributed by atoms with Crippen LogP contribution in [0.3, 0.4) is 0 Å². The van der Waals surface area contributed by atoms with Crippen LogP contribution in [0.4, 0.5) is 5.95 Å². The number of anilines is 1. The molecule has 1 aromatic rings. The first-order valence-electron chi connectivity index (χ1n) is 4.73. The Kier molecular flexibility index (Phi) is 2.60. The number of nitrogens with two attached hydrogens (primary N) is 1. The van der Waals surface area contributed by atoms with E-state index in [-0.39, 0.29) is 6.61 Å². The van der Waals surface area contributed by atoms with Crippen molar-refractivity contribution in [2.45, 2.75) is 13.0 Å². The molecule has 5 heteroatoms. The molecule has 0 amide bonds. The molecule has 0 atom stereocenters. The SMILES string of the molecule is Nc1ncc2c(n1)CCN(CCO)C2. The molecule has 2 heterocycles. The molecule has 2 rings (SSSR count). The van der Waals surface area contributed by atoms with Gasteiger partial charge in [-0.1, -0.05) is 0 Å². The maximum atomic E-state index is 8.82. The second kappa shape index (κ2) is 3.89. The van der Waals surface area contributed by atoms with Crippen LogP contribution in [-0.4, -0.2) is 39.7 Å². The highest BCUT2D eigenvalue weighted by molar-refractivity contribution is 5.26. The van der Waals surface area contributed by atoms with Gasteiger partial charge in [0.2, 0.25) is 5.95 Å². The Balaban J connectivity index is 2.15. The van der Waals surface area contributed by atoms with Gasteiger partial charge in [-0.25, -0.2) is 9.97 Å². The van der Waals surface area contributed by atoms with E-state index >= 15 is 0 Å². The van der Waals surface area contributed by atoms with Gasteiger partial charge in [0.05, 0.1) is 12.3 Å². The minimum Gasteiger partial charge on any atom is -0.395 e. The van der Waals surface area contributed by atoms with Crippen molar-refractivity contribution in [3.8, 4) is 0 Å². The van der Waals surface area contributed by atoms with Gasteiger partial charge in [-0.2, -0.15) is 0 Å². The molecule has 0 aliphatic carbocycles. The van der Waals surface area contributed by atoms with Crippen LogP contribution in [0, 0.1) is 0 Å². The van der Waals surface area contributed by atoms with Crippen LogP contribution in [0.1, 0.15) is 11.3 Å². The fourth-order valence-corrected chi connectivity index (χ4v) is 1.72. The summed E-state index contributed by atoms with van der Waals surface area (Å²) in [6.45, 7) is 2.66. The highest BCUT2D eigenvalue weighted by Gasteiger charge is 2.16. The number of rotatable bonds is 2. The lowest BCUT2D eigenvalue weighted by atomic mass is 10.1. The van der Waals surface area contributed by atoms with E-state index in [0.717, 1.165) is 30.8 Å². The second-order valence-electron chi connectivity index (χ2n) is 3.45. The van der Waals surface area contributed by atoms with Gasteiger partial charge < -0.3 is 10.8 Å². The van der Waals surface area contributed by atoms with E-state index in [2.05, 4.69) is 14.9 Å². The topological polar surface area (TPSA) is 75.3 Å². The Bertz CT molecular complexity index is 329. The van der Waals surface area contributed by atoms with E-state index in [0.29, 0.717) is 12.5 Å². The average Bonchev–Trinajstić information content (AvgIpc) is 2.19. The third-order valence-electron chi connectivity index (χ3n) is 2.45. The number of hydrogen-bond acceptors (Lipinski definition) is 5. The summed E-state index contributed by atoms with van der Waals surface area (Å²) in [5.41, 5.74) is 7.67. The van der Waals surface area contributed by atoms with Crippen LogP contribution in [-0.2, 0) is 13.0 Å². The number of β-amino-alcohol motifs (C(OH)–C–C–N with tert-alkyl or cyclic N) is 1. The third-order valence-corrected chi connectivity index (χ3v) is 2.45. The van der Waals surface area contributed by atoms with Gasteiger partial charge in [-0.3, -0.25) is 4.90 Å². The molecule has 0 aromatic carbocycles. The summed E-state index contributed by atoms with van der Waals surface area (Å²) in [7, 11) is 0. The first-order chi connectivity index (χ1) is 6.79. The molecule has 0 saturated heterocycles. The third kappa shape index (κ3) is 1.83. The summed E-state index contributed by atoms with van der Waals surface area (Å²) in [5.74, 6) is 0.347. The number of hydrogen-bond donors (Lipinski definition) is 2. The lowest BCUT2D eigenvalue weighted by Crippen LogP contribution is -2.33. The van der Waals surface area contributed by atoms with Crippen molar-refractivity contribution in [2.24, 2.45) is 0 Å². The van der Waals surface area contributed by atoms with Gasteiger partial charge in [-0.05, 0) is 0 Å². The van der Waals surface area contributed by atoms with Crippen LogP contribution >= 0.6 is 0 Å². The first kappa shape index (κ1) is 9.36. The quantitative estimate of drug-likeness (QED) is 0.658. The van der Waals surface area contributed by atoms with Gasteiger partial charge in [0, 0.05) is 37.8 Å². The summed E-state index contributed by atoms with van der Waals surface area (Å²) in [4.78, 5) is 10.3. The molecular formula is C9H14N4O. The van der Waals surface area contributed by atoms with Crippen LogP contribution in [0.5, 0.6) is 0 Å². The van der Waals surface area contributed by atoms with E-state index in [1.54, 1.807) is 6.20 Å². The van der Waals surface area contributed by atoms with Gasteiger partial charge in [-0.15, -0.1) is 0 Å².